The number of aromatic hydroxyl groups is 1. The zero-order chi connectivity index (χ0) is 23.9. The number of allylic oxidation sites excluding steroid dienone is 3. The second-order valence-electron chi connectivity index (χ2n) is 9.98. The van der Waals surface area contributed by atoms with Crippen LogP contribution in [0.4, 0.5) is 0 Å². The van der Waals surface area contributed by atoms with Crippen molar-refractivity contribution in [3.8, 4) is 11.5 Å². The second kappa shape index (κ2) is 12.3. The first kappa shape index (κ1) is 27.0. The monoisotopic (exact) mass is 474 g/mol. The summed E-state index contributed by atoms with van der Waals surface area (Å²) in [6.45, 7) is 17.3. The molecule has 178 valence electrons. The van der Waals surface area contributed by atoms with Gasteiger partial charge in [-0.2, -0.15) is 0 Å². The standard InChI is InChI=1S/C28H42O2S2/c1-8-10-11-12-21-17-24(29)26(23-16-20(5)13-14-22(23)19(3)4)25(18-21)30-27(31)32-28(6,7)15-9-2/h16-18,22-23,29H,3,8-15H2,1-2,4-7H3/t22-,23+/m0/s1. The Labute approximate surface area is 205 Å². The fraction of sp³-hybridized carbons (Fsp3) is 0.607. The van der Waals surface area contributed by atoms with Gasteiger partial charge in [-0.3, -0.25) is 0 Å². The molecule has 2 atom stereocenters. The van der Waals surface area contributed by atoms with E-state index in [0.29, 0.717) is 15.9 Å². The molecule has 2 nitrogen and oxygen atoms in total. The van der Waals surface area contributed by atoms with Crippen LogP contribution in [0.2, 0.25) is 0 Å². The SMILES string of the molecule is C=C(C)[C@@H]1CCC(C)=C[C@H]1c1c(O)cc(CCCCC)cc1OC(=S)SC(C)(C)CCC. The molecule has 0 radical (unpaired) electrons. The van der Waals surface area contributed by atoms with Crippen LogP contribution in [0.15, 0.2) is 35.9 Å². The number of thioether (sulfide) groups is 1. The lowest BCUT2D eigenvalue weighted by molar-refractivity contribution is 0.424. The van der Waals surface area contributed by atoms with Crippen molar-refractivity contribution in [3.63, 3.8) is 0 Å². The first-order valence-corrected chi connectivity index (χ1v) is 13.4. The Bertz CT molecular complexity index is 838. The molecule has 0 fully saturated rings. The van der Waals surface area contributed by atoms with Crippen molar-refractivity contribution in [2.45, 2.75) is 104 Å². The Hall–Kier alpha value is -1.26. The Morgan fingerprint density at radius 2 is 1.97 bits per heavy atom. The maximum Gasteiger partial charge on any atom is 0.226 e. The van der Waals surface area contributed by atoms with Gasteiger partial charge in [-0.25, -0.2) is 0 Å². The van der Waals surface area contributed by atoms with Crippen molar-refractivity contribution >= 4 is 28.4 Å². The van der Waals surface area contributed by atoms with Gasteiger partial charge in [0.05, 0.1) is 0 Å². The van der Waals surface area contributed by atoms with E-state index in [2.05, 4.69) is 60.3 Å². The van der Waals surface area contributed by atoms with Gasteiger partial charge in [-0.15, -0.1) is 0 Å². The van der Waals surface area contributed by atoms with Crippen LogP contribution < -0.4 is 4.74 Å². The van der Waals surface area contributed by atoms with Gasteiger partial charge in [0.15, 0.2) is 0 Å². The number of aryl methyl sites for hydroxylation is 1. The molecule has 2 rings (SSSR count). The molecule has 4 heteroatoms. The fourth-order valence-corrected chi connectivity index (χ4v) is 6.36. The third-order valence-electron chi connectivity index (χ3n) is 6.37. The highest BCUT2D eigenvalue weighted by atomic mass is 32.2. The Balaban J connectivity index is 2.46. The normalized spacial score (nSPS) is 18.9. The largest absolute Gasteiger partial charge is 0.507 e. The molecular formula is C28H42O2S2. The number of benzene rings is 1. The molecule has 0 unspecified atom stereocenters. The molecule has 0 spiro atoms. The van der Waals surface area contributed by atoms with Crippen LogP contribution in [0.3, 0.4) is 0 Å². The lowest BCUT2D eigenvalue weighted by Crippen LogP contribution is -2.21. The van der Waals surface area contributed by atoms with Crippen molar-refractivity contribution in [1.29, 1.82) is 0 Å². The molecule has 0 aliphatic heterocycles. The highest BCUT2D eigenvalue weighted by Crippen LogP contribution is 2.47. The van der Waals surface area contributed by atoms with E-state index in [1.165, 1.54) is 18.4 Å². The minimum Gasteiger partial charge on any atom is -0.507 e. The topological polar surface area (TPSA) is 29.5 Å². The van der Waals surface area contributed by atoms with Crippen LogP contribution in [0.5, 0.6) is 11.5 Å². The van der Waals surface area contributed by atoms with Crippen molar-refractivity contribution < 1.29 is 9.84 Å². The van der Waals surface area contributed by atoms with Crippen LogP contribution in [-0.4, -0.2) is 14.2 Å². The summed E-state index contributed by atoms with van der Waals surface area (Å²) in [5.41, 5.74) is 4.47. The van der Waals surface area contributed by atoms with Crippen molar-refractivity contribution in [1.82, 2.24) is 0 Å². The zero-order valence-electron chi connectivity index (χ0n) is 20.9. The van der Waals surface area contributed by atoms with E-state index in [-0.39, 0.29) is 16.6 Å². The van der Waals surface area contributed by atoms with Gasteiger partial charge >= 0.3 is 0 Å². The van der Waals surface area contributed by atoms with Crippen LogP contribution in [-0.2, 0) is 6.42 Å². The summed E-state index contributed by atoms with van der Waals surface area (Å²) < 4.78 is 6.90. The number of hydrogen-bond acceptors (Lipinski definition) is 4. The Kier molecular flexibility index (Phi) is 10.4. The molecule has 0 heterocycles. The van der Waals surface area contributed by atoms with Gasteiger partial charge in [0.1, 0.15) is 11.5 Å². The third kappa shape index (κ3) is 7.66. The van der Waals surface area contributed by atoms with E-state index in [1.54, 1.807) is 11.8 Å². The summed E-state index contributed by atoms with van der Waals surface area (Å²) in [6.07, 6.45) is 11.0. The van der Waals surface area contributed by atoms with Gasteiger partial charge in [-0.05, 0) is 81.8 Å². The minimum atomic E-state index is 0.0222. The highest BCUT2D eigenvalue weighted by molar-refractivity contribution is 8.23. The van der Waals surface area contributed by atoms with Crippen LogP contribution in [0.25, 0.3) is 0 Å². The molecule has 0 aromatic heterocycles. The fourth-order valence-electron chi connectivity index (χ4n) is 4.71. The Morgan fingerprint density at radius 1 is 1.25 bits per heavy atom. The smallest absolute Gasteiger partial charge is 0.226 e. The highest BCUT2D eigenvalue weighted by Gasteiger charge is 2.31. The quantitative estimate of drug-likeness (QED) is 0.208. The first-order chi connectivity index (χ1) is 15.1. The summed E-state index contributed by atoms with van der Waals surface area (Å²) in [4.78, 5) is 0. The van der Waals surface area contributed by atoms with Gasteiger partial charge < -0.3 is 9.84 Å². The number of hydrogen-bond donors (Lipinski definition) is 1. The van der Waals surface area contributed by atoms with E-state index in [9.17, 15) is 5.11 Å². The molecule has 1 aliphatic rings. The molecular weight excluding hydrogens is 432 g/mol. The lowest BCUT2D eigenvalue weighted by Gasteiger charge is -2.32. The summed E-state index contributed by atoms with van der Waals surface area (Å²) in [5.74, 6) is 1.37. The predicted octanol–water partition coefficient (Wildman–Crippen LogP) is 9.12. The molecule has 32 heavy (non-hydrogen) atoms. The van der Waals surface area contributed by atoms with Crippen molar-refractivity contribution in [2.75, 3.05) is 0 Å². The van der Waals surface area contributed by atoms with Crippen LogP contribution >= 0.6 is 24.0 Å². The minimum absolute atomic E-state index is 0.0222. The van der Waals surface area contributed by atoms with Crippen LogP contribution in [0.1, 0.15) is 104 Å². The molecule has 0 saturated carbocycles. The van der Waals surface area contributed by atoms with E-state index in [0.717, 1.165) is 55.2 Å². The lowest BCUT2D eigenvalue weighted by atomic mass is 9.73. The van der Waals surface area contributed by atoms with E-state index >= 15 is 0 Å². The number of unbranched alkanes of at least 4 members (excludes halogenated alkanes) is 2. The Morgan fingerprint density at radius 3 is 2.59 bits per heavy atom. The molecule has 0 bridgehead atoms. The maximum absolute atomic E-state index is 11.2. The van der Waals surface area contributed by atoms with Gasteiger partial charge in [0, 0.05) is 16.2 Å². The first-order valence-electron chi connectivity index (χ1n) is 12.2. The maximum atomic E-state index is 11.2. The number of rotatable bonds is 10. The number of ether oxygens (including phenoxy) is 1. The predicted molar refractivity (Wildman–Crippen MR) is 145 cm³/mol. The molecule has 0 saturated heterocycles. The number of phenols is 1. The molecule has 1 N–H and O–H groups in total. The van der Waals surface area contributed by atoms with Crippen molar-refractivity contribution in [3.05, 3.63) is 47.1 Å². The average molecular weight is 475 g/mol. The number of thiocarbonyl (C=S) groups is 1. The molecule has 1 aromatic rings. The summed E-state index contributed by atoms with van der Waals surface area (Å²) in [6, 6.07) is 4.04. The van der Waals surface area contributed by atoms with Gasteiger partial charge in [0.2, 0.25) is 4.38 Å². The summed E-state index contributed by atoms with van der Waals surface area (Å²) >= 11 is 7.29. The molecule has 1 aromatic carbocycles. The second-order valence-corrected chi connectivity index (χ2v) is 12.3. The van der Waals surface area contributed by atoms with Crippen molar-refractivity contribution in [2.24, 2.45) is 5.92 Å². The zero-order valence-corrected chi connectivity index (χ0v) is 22.6. The molecule has 0 amide bonds. The van der Waals surface area contributed by atoms with E-state index in [4.69, 9.17) is 17.0 Å². The molecule has 1 aliphatic carbocycles. The summed E-state index contributed by atoms with van der Waals surface area (Å²) in [7, 11) is 0. The average Bonchev–Trinajstić information content (AvgIpc) is 2.67. The third-order valence-corrected chi connectivity index (χ3v) is 7.71. The van der Waals surface area contributed by atoms with E-state index < -0.39 is 0 Å². The van der Waals surface area contributed by atoms with Gasteiger partial charge in [-0.1, -0.05) is 82.5 Å². The summed E-state index contributed by atoms with van der Waals surface area (Å²) in [5, 5.41) is 11.2. The van der Waals surface area contributed by atoms with E-state index in [1.807, 2.05) is 6.07 Å². The number of phenolic OH excluding ortho intramolecular Hbond substituents is 1. The van der Waals surface area contributed by atoms with Crippen LogP contribution in [0, 0.1) is 5.92 Å². The van der Waals surface area contributed by atoms with Gasteiger partial charge in [0.25, 0.3) is 0 Å².